The molecule has 1 saturated heterocycles. The summed E-state index contributed by atoms with van der Waals surface area (Å²) in [6.07, 6.45) is 2.86. The summed E-state index contributed by atoms with van der Waals surface area (Å²) in [6, 6.07) is 9.75. The highest BCUT2D eigenvalue weighted by Gasteiger charge is 2.29. The lowest BCUT2D eigenvalue weighted by atomic mass is 10.1. The van der Waals surface area contributed by atoms with Crippen molar-refractivity contribution in [3.63, 3.8) is 0 Å². The summed E-state index contributed by atoms with van der Waals surface area (Å²) < 4.78 is 5.52. The van der Waals surface area contributed by atoms with E-state index in [0.717, 1.165) is 56.8 Å². The number of fused-ring (bicyclic) bond motifs is 1. The molecular formula is C23H31N5O2. The molecule has 2 aliphatic heterocycles. The number of para-hydroxylation sites is 2. The van der Waals surface area contributed by atoms with Gasteiger partial charge in [-0.05, 0) is 38.1 Å². The Bertz CT molecular complexity index is 867. The van der Waals surface area contributed by atoms with E-state index in [2.05, 4.69) is 42.1 Å². The van der Waals surface area contributed by atoms with Crippen LogP contribution in [0.25, 0.3) is 0 Å². The fourth-order valence-corrected chi connectivity index (χ4v) is 3.69. The summed E-state index contributed by atoms with van der Waals surface area (Å²) in [5, 5.41) is 13.2. The van der Waals surface area contributed by atoms with Gasteiger partial charge in [-0.3, -0.25) is 0 Å². The van der Waals surface area contributed by atoms with E-state index in [0.29, 0.717) is 24.1 Å². The minimum atomic E-state index is -0.592. The summed E-state index contributed by atoms with van der Waals surface area (Å²) in [5.74, 6) is 0.346. The van der Waals surface area contributed by atoms with Gasteiger partial charge in [-0.15, -0.1) is 0 Å². The van der Waals surface area contributed by atoms with Gasteiger partial charge in [0.15, 0.2) is 11.4 Å². The average Bonchev–Trinajstić information content (AvgIpc) is 2.99. The van der Waals surface area contributed by atoms with E-state index in [1.54, 1.807) is 0 Å². The van der Waals surface area contributed by atoms with Crippen molar-refractivity contribution in [2.75, 3.05) is 45.2 Å². The van der Waals surface area contributed by atoms with Crippen LogP contribution in [0, 0.1) is 17.2 Å². The smallest absolute Gasteiger partial charge is 0.351 e. The Kier molecular flexibility index (Phi) is 7.47. The van der Waals surface area contributed by atoms with Gasteiger partial charge in [0.1, 0.15) is 11.8 Å². The lowest BCUT2D eigenvalue weighted by molar-refractivity contribution is -0.140. The highest BCUT2D eigenvalue weighted by atomic mass is 16.5. The lowest BCUT2D eigenvalue weighted by Crippen LogP contribution is -2.39. The maximum Gasteiger partial charge on any atom is 0.351 e. The molecule has 0 unspecified atom stereocenters. The molecule has 2 heterocycles. The molecule has 3 rings (SSSR count). The standard InChI is InChI=1S/C23H31N5O2/c1-4-17(5-2)16-30-23(29)18(15-24)21-22(28-12-8-11-27(3)13-14-28)26-20-10-7-6-9-19(20)25-21/h6-7,9-10,17,25H,4-5,8,11-14,16H2,1-3H3. The van der Waals surface area contributed by atoms with Crippen LogP contribution in [0.2, 0.25) is 0 Å². The van der Waals surface area contributed by atoms with Gasteiger partial charge in [-0.2, -0.15) is 5.26 Å². The van der Waals surface area contributed by atoms with Crippen molar-refractivity contribution in [2.24, 2.45) is 10.9 Å². The highest BCUT2D eigenvalue weighted by molar-refractivity contribution is 6.12. The van der Waals surface area contributed by atoms with Gasteiger partial charge >= 0.3 is 5.97 Å². The number of amidine groups is 1. The summed E-state index contributed by atoms with van der Waals surface area (Å²) in [5.41, 5.74) is 2.00. The van der Waals surface area contributed by atoms with Crippen LogP contribution in [-0.4, -0.2) is 61.4 Å². The van der Waals surface area contributed by atoms with Crippen LogP contribution in [0.5, 0.6) is 0 Å². The van der Waals surface area contributed by atoms with E-state index in [1.807, 2.05) is 24.3 Å². The first kappa shape index (κ1) is 21.8. The van der Waals surface area contributed by atoms with E-state index in [9.17, 15) is 10.1 Å². The van der Waals surface area contributed by atoms with E-state index < -0.39 is 5.97 Å². The van der Waals surface area contributed by atoms with Crippen molar-refractivity contribution in [1.29, 1.82) is 5.26 Å². The van der Waals surface area contributed by atoms with Crippen molar-refractivity contribution in [1.82, 2.24) is 9.80 Å². The topological polar surface area (TPSA) is 81.0 Å². The van der Waals surface area contributed by atoms with Crippen LogP contribution in [0.1, 0.15) is 33.1 Å². The normalized spacial score (nSPS) is 18.6. The molecule has 0 spiro atoms. The number of carbonyl (C=O) groups excluding carboxylic acids is 1. The molecule has 0 amide bonds. The molecule has 7 heteroatoms. The first-order valence-corrected chi connectivity index (χ1v) is 10.8. The van der Waals surface area contributed by atoms with Crippen molar-refractivity contribution in [3.8, 4) is 6.07 Å². The van der Waals surface area contributed by atoms with Crippen molar-refractivity contribution < 1.29 is 9.53 Å². The van der Waals surface area contributed by atoms with E-state index in [1.165, 1.54) is 0 Å². The summed E-state index contributed by atoms with van der Waals surface area (Å²) in [7, 11) is 2.10. The van der Waals surface area contributed by atoms with Gasteiger partial charge in [-0.1, -0.05) is 38.8 Å². The van der Waals surface area contributed by atoms with Crippen LogP contribution in [0.4, 0.5) is 11.4 Å². The van der Waals surface area contributed by atoms with Crippen molar-refractivity contribution >= 4 is 23.2 Å². The molecule has 0 radical (unpaired) electrons. The van der Waals surface area contributed by atoms with Crippen LogP contribution in [0.15, 0.2) is 40.5 Å². The van der Waals surface area contributed by atoms with Crippen molar-refractivity contribution in [3.05, 3.63) is 35.5 Å². The number of hydrogen-bond donors (Lipinski definition) is 1. The number of rotatable bonds is 5. The zero-order valence-electron chi connectivity index (χ0n) is 18.1. The fourth-order valence-electron chi connectivity index (χ4n) is 3.69. The number of aliphatic imine (C=N–C) groups is 1. The predicted molar refractivity (Wildman–Crippen MR) is 119 cm³/mol. The molecule has 1 aromatic carbocycles. The molecule has 2 aliphatic rings. The Morgan fingerprint density at radius 1 is 1.23 bits per heavy atom. The molecule has 0 bridgehead atoms. The quantitative estimate of drug-likeness (QED) is 0.455. The number of nitrogens with zero attached hydrogens (tertiary/aromatic N) is 4. The largest absolute Gasteiger partial charge is 0.461 e. The first-order valence-electron chi connectivity index (χ1n) is 10.8. The second-order valence-corrected chi connectivity index (χ2v) is 7.86. The molecule has 1 aromatic rings. The molecule has 1 fully saturated rings. The summed E-state index contributed by atoms with van der Waals surface area (Å²) in [4.78, 5) is 22.1. The molecule has 160 valence electrons. The number of likely N-dealkylation sites (N-methyl/N-ethyl adjacent to an activating group) is 1. The maximum atomic E-state index is 12.8. The Hall–Kier alpha value is -2.85. The van der Waals surface area contributed by atoms with Crippen LogP contribution in [-0.2, 0) is 9.53 Å². The van der Waals surface area contributed by atoms with Gasteiger partial charge < -0.3 is 19.9 Å². The molecule has 1 N–H and O–H groups in total. The molecule has 7 nitrogen and oxygen atoms in total. The summed E-state index contributed by atoms with van der Waals surface area (Å²) >= 11 is 0. The number of benzene rings is 1. The number of anilines is 1. The monoisotopic (exact) mass is 409 g/mol. The molecule has 0 aliphatic carbocycles. The first-order chi connectivity index (χ1) is 14.6. The number of esters is 1. The minimum Gasteiger partial charge on any atom is -0.461 e. The van der Waals surface area contributed by atoms with Crippen LogP contribution < -0.4 is 5.32 Å². The van der Waals surface area contributed by atoms with Gasteiger partial charge in [-0.25, -0.2) is 9.79 Å². The third-order valence-electron chi connectivity index (χ3n) is 5.80. The number of nitriles is 1. The van der Waals surface area contributed by atoms with E-state index >= 15 is 0 Å². The second-order valence-electron chi connectivity index (χ2n) is 7.86. The fraction of sp³-hybridized carbons (Fsp3) is 0.522. The SMILES string of the molecule is CCC(CC)COC(=O)C(C#N)=C1Nc2ccccc2N=C1N1CCCN(C)CC1. The molecule has 0 saturated carbocycles. The average molecular weight is 410 g/mol. The van der Waals surface area contributed by atoms with Crippen LogP contribution >= 0.6 is 0 Å². The van der Waals surface area contributed by atoms with Crippen LogP contribution in [0.3, 0.4) is 0 Å². The number of ether oxygens (including phenoxy) is 1. The number of nitrogens with one attached hydrogen (secondary N) is 1. The highest BCUT2D eigenvalue weighted by Crippen LogP contribution is 2.33. The number of hydrogen-bond acceptors (Lipinski definition) is 7. The van der Waals surface area contributed by atoms with Gasteiger partial charge in [0.05, 0.1) is 18.0 Å². The van der Waals surface area contributed by atoms with Crippen molar-refractivity contribution in [2.45, 2.75) is 33.1 Å². The van der Waals surface area contributed by atoms with E-state index in [4.69, 9.17) is 9.73 Å². The second kappa shape index (κ2) is 10.3. The summed E-state index contributed by atoms with van der Waals surface area (Å²) in [6.45, 7) is 7.98. The predicted octanol–water partition coefficient (Wildman–Crippen LogP) is 3.54. The number of carbonyl (C=O) groups is 1. The molecule has 0 aromatic heterocycles. The zero-order chi connectivity index (χ0) is 21.5. The minimum absolute atomic E-state index is 0.0215. The van der Waals surface area contributed by atoms with Gasteiger partial charge in [0.2, 0.25) is 0 Å². The van der Waals surface area contributed by atoms with Gasteiger partial charge in [0, 0.05) is 19.6 Å². The lowest BCUT2D eigenvalue weighted by Gasteiger charge is -2.30. The maximum absolute atomic E-state index is 12.8. The molecule has 30 heavy (non-hydrogen) atoms. The van der Waals surface area contributed by atoms with E-state index in [-0.39, 0.29) is 5.57 Å². The third kappa shape index (κ3) is 5.00. The van der Waals surface area contributed by atoms with Gasteiger partial charge in [0.25, 0.3) is 0 Å². The molecular weight excluding hydrogens is 378 g/mol. The Morgan fingerprint density at radius 3 is 2.73 bits per heavy atom. The Labute approximate surface area is 179 Å². The third-order valence-corrected chi connectivity index (χ3v) is 5.80. The Morgan fingerprint density at radius 2 is 2.00 bits per heavy atom. The zero-order valence-corrected chi connectivity index (χ0v) is 18.1. The molecule has 0 atom stereocenters. The Balaban J connectivity index is 1.96.